The summed E-state index contributed by atoms with van der Waals surface area (Å²) in [4.78, 5) is 4.70. The van der Waals surface area contributed by atoms with E-state index in [9.17, 15) is 0 Å². The van der Waals surface area contributed by atoms with Gasteiger partial charge in [-0.05, 0) is 19.8 Å². The van der Waals surface area contributed by atoms with E-state index in [-0.39, 0.29) is 5.54 Å². The van der Waals surface area contributed by atoms with Gasteiger partial charge < -0.3 is 10.1 Å². The molecule has 3 nitrogen and oxygen atoms in total. The maximum Gasteiger partial charge on any atom is 0.113 e. The maximum absolute atomic E-state index is 5.15. The molecule has 0 spiro atoms. The number of thiazole rings is 1. The van der Waals surface area contributed by atoms with Crippen LogP contribution in [0.15, 0.2) is 5.38 Å². The Labute approximate surface area is 115 Å². The van der Waals surface area contributed by atoms with Crippen molar-refractivity contribution < 1.29 is 4.74 Å². The standard InChI is InChI=1S/C14H26N2OS/c1-5-7-8-14(6-2,15-9-10-17-4)13-16-12(3)11-18-13/h11,15H,5-10H2,1-4H3. The molecule has 18 heavy (non-hydrogen) atoms. The second-order valence-corrected chi connectivity index (χ2v) is 5.61. The van der Waals surface area contributed by atoms with Crippen molar-refractivity contribution in [3.05, 3.63) is 16.1 Å². The van der Waals surface area contributed by atoms with Crippen molar-refractivity contribution in [3.8, 4) is 0 Å². The molecule has 1 N–H and O–H groups in total. The Bertz CT molecular complexity index is 340. The predicted octanol–water partition coefficient (Wildman–Crippen LogP) is 3.48. The first-order chi connectivity index (χ1) is 8.68. The molecule has 1 aromatic rings. The summed E-state index contributed by atoms with van der Waals surface area (Å²) in [6.45, 7) is 8.18. The normalized spacial score (nSPS) is 14.7. The van der Waals surface area contributed by atoms with Crippen LogP contribution in [0.5, 0.6) is 0 Å². The van der Waals surface area contributed by atoms with Crippen LogP contribution in [0, 0.1) is 6.92 Å². The van der Waals surface area contributed by atoms with Crippen LogP contribution in [0.1, 0.15) is 50.2 Å². The van der Waals surface area contributed by atoms with E-state index in [0.29, 0.717) is 0 Å². The molecule has 1 rings (SSSR count). The second kappa shape index (κ2) is 7.87. The molecule has 0 aromatic carbocycles. The minimum Gasteiger partial charge on any atom is -0.383 e. The van der Waals surface area contributed by atoms with E-state index in [1.807, 2.05) is 0 Å². The Morgan fingerprint density at radius 3 is 2.72 bits per heavy atom. The zero-order valence-corrected chi connectivity index (χ0v) is 12.9. The van der Waals surface area contributed by atoms with Gasteiger partial charge in [-0.1, -0.05) is 26.7 Å². The topological polar surface area (TPSA) is 34.1 Å². The Balaban J connectivity index is 2.82. The lowest BCUT2D eigenvalue weighted by Gasteiger charge is -2.32. The number of methoxy groups -OCH3 is 1. The van der Waals surface area contributed by atoms with Crippen molar-refractivity contribution in [2.75, 3.05) is 20.3 Å². The number of nitrogens with one attached hydrogen (secondary N) is 1. The second-order valence-electron chi connectivity index (χ2n) is 4.75. The predicted molar refractivity (Wildman–Crippen MR) is 78.2 cm³/mol. The van der Waals surface area contributed by atoms with E-state index in [2.05, 4.69) is 31.5 Å². The molecule has 0 saturated heterocycles. The average Bonchev–Trinajstić information content (AvgIpc) is 2.81. The number of hydrogen-bond donors (Lipinski definition) is 1. The summed E-state index contributed by atoms with van der Waals surface area (Å²) < 4.78 is 5.15. The first-order valence-electron chi connectivity index (χ1n) is 6.85. The Kier molecular flexibility index (Phi) is 6.82. The van der Waals surface area contributed by atoms with Crippen LogP contribution in [-0.2, 0) is 10.3 Å². The summed E-state index contributed by atoms with van der Waals surface area (Å²) in [7, 11) is 1.74. The lowest BCUT2D eigenvalue weighted by Crippen LogP contribution is -2.43. The van der Waals surface area contributed by atoms with Crippen molar-refractivity contribution >= 4 is 11.3 Å². The smallest absolute Gasteiger partial charge is 0.113 e. The van der Waals surface area contributed by atoms with E-state index in [4.69, 9.17) is 9.72 Å². The van der Waals surface area contributed by atoms with Crippen LogP contribution < -0.4 is 5.32 Å². The molecule has 0 aliphatic heterocycles. The van der Waals surface area contributed by atoms with Gasteiger partial charge >= 0.3 is 0 Å². The van der Waals surface area contributed by atoms with Gasteiger partial charge in [0.05, 0.1) is 12.1 Å². The van der Waals surface area contributed by atoms with Gasteiger partial charge in [-0.3, -0.25) is 0 Å². The van der Waals surface area contributed by atoms with E-state index >= 15 is 0 Å². The largest absolute Gasteiger partial charge is 0.383 e. The lowest BCUT2D eigenvalue weighted by atomic mass is 9.90. The number of aryl methyl sites for hydroxylation is 1. The van der Waals surface area contributed by atoms with Gasteiger partial charge in [0.15, 0.2) is 0 Å². The van der Waals surface area contributed by atoms with Crippen molar-refractivity contribution in [1.29, 1.82) is 0 Å². The highest BCUT2D eigenvalue weighted by Gasteiger charge is 2.31. The van der Waals surface area contributed by atoms with Crippen molar-refractivity contribution in [2.24, 2.45) is 0 Å². The van der Waals surface area contributed by atoms with E-state index in [0.717, 1.165) is 31.7 Å². The van der Waals surface area contributed by atoms with Crippen molar-refractivity contribution in [1.82, 2.24) is 10.3 Å². The molecule has 0 aliphatic carbocycles. The Morgan fingerprint density at radius 2 is 2.22 bits per heavy atom. The molecule has 0 aliphatic rings. The molecule has 0 amide bonds. The molecule has 0 radical (unpaired) electrons. The number of aromatic nitrogens is 1. The third kappa shape index (κ3) is 4.04. The maximum atomic E-state index is 5.15. The lowest BCUT2D eigenvalue weighted by molar-refractivity contribution is 0.177. The van der Waals surface area contributed by atoms with Crippen LogP contribution >= 0.6 is 11.3 Å². The van der Waals surface area contributed by atoms with Crippen LogP contribution in [-0.4, -0.2) is 25.2 Å². The number of nitrogens with zero attached hydrogens (tertiary/aromatic N) is 1. The number of rotatable bonds is 9. The fourth-order valence-electron chi connectivity index (χ4n) is 2.17. The number of hydrogen-bond acceptors (Lipinski definition) is 4. The van der Waals surface area contributed by atoms with E-state index in [1.165, 1.54) is 17.8 Å². The van der Waals surface area contributed by atoms with Crippen molar-refractivity contribution in [2.45, 2.75) is 52.0 Å². The molecular weight excluding hydrogens is 244 g/mol. The summed E-state index contributed by atoms with van der Waals surface area (Å²) in [6.07, 6.45) is 4.67. The summed E-state index contributed by atoms with van der Waals surface area (Å²) in [5.74, 6) is 0. The first kappa shape index (κ1) is 15.6. The van der Waals surface area contributed by atoms with Gasteiger partial charge in [0.25, 0.3) is 0 Å². The van der Waals surface area contributed by atoms with Gasteiger partial charge in [-0.25, -0.2) is 4.98 Å². The molecule has 0 saturated carbocycles. The van der Waals surface area contributed by atoms with Gasteiger partial charge in [-0.2, -0.15) is 0 Å². The Morgan fingerprint density at radius 1 is 1.44 bits per heavy atom. The molecule has 104 valence electrons. The van der Waals surface area contributed by atoms with Gasteiger partial charge in [0, 0.05) is 24.7 Å². The van der Waals surface area contributed by atoms with E-state index < -0.39 is 0 Å². The first-order valence-corrected chi connectivity index (χ1v) is 7.73. The summed E-state index contributed by atoms with van der Waals surface area (Å²) >= 11 is 1.78. The summed E-state index contributed by atoms with van der Waals surface area (Å²) in [5.41, 5.74) is 1.16. The fraction of sp³-hybridized carbons (Fsp3) is 0.786. The highest BCUT2D eigenvalue weighted by Crippen LogP contribution is 2.32. The van der Waals surface area contributed by atoms with Gasteiger partial charge in [0.2, 0.25) is 0 Å². The fourth-order valence-corrected chi connectivity index (χ4v) is 3.24. The quantitative estimate of drug-likeness (QED) is 0.698. The molecule has 1 atom stereocenters. The van der Waals surface area contributed by atoms with Gasteiger partial charge in [0.1, 0.15) is 5.01 Å². The summed E-state index contributed by atoms with van der Waals surface area (Å²) in [5, 5.41) is 7.04. The molecule has 0 bridgehead atoms. The molecule has 1 aromatic heterocycles. The summed E-state index contributed by atoms with van der Waals surface area (Å²) in [6, 6.07) is 0. The molecule has 0 fully saturated rings. The zero-order chi connectivity index (χ0) is 13.4. The molecule has 1 heterocycles. The zero-order valence-electron chi connectivity index (χ0n) is 12.1. The number of ether oxygens (including phenoxy) is 1. The third-order valence-corrected chi connectivity index (χ3v) is 4.52. The van der Waals surface area contributed by atoms with Gasteiger partial charge in [-0.15, -0.1) is 11.3 Å². The van der Waals surface area contributed by atoms with Crippen LogP contribution in [0.4, 0.5) is 0 Å². The molecule has 4 heteroatoms. The SMILES string of the molecule is CCCCC(CC)(NCCOC)c1nc(C)cs1. The minimum absolute atomic E-state index is 0.0352. The van der Waals surface area contributed by atoms with E-state index in [1.54, 1.807) is 18.4 Å². The Hall–Kier alpha value is -0.450. The molecular formula is C14H26N2OS. The highest BCUT2D eigenvalue weighted by molar-refractivity contribution is 7.09. The van der Waals surface area contributed by atoms with Crippen LogP contribution in [0.3, 0.4) is 0 Å². The van der Waals surface area contributed by atoms with Crippen molar-refractivity contribution in [3.63, 3.8) is 0 Å². The monoisotopic (exact) mass is 270 g/mol. The highest BCUT2D eigenvalue weighted by atomic mass is 32.1. The average molecular weight is 270 g/mol. The van der Waals surface area contributed by atoms with Crippen LogP contribution in [0.25, 0.3) is 0 Å². The molecule has 1 unspecified atom stereocenters. The minimum atomic E-state index is 0.0352. The van der Waals surface area contributed by atoms with Crippen LogP contribution in [0.2, 0.25) is 0 Å². The number of unbranched alkanes of at least 4 members (excludes halogenated alkanes) is 1. The third-order valence-electron chi connectivity index (χ3n) is 3.36.